The van der Waals surface area contributed by atoms with Crippen LogP contribution in [-0.2, 0) is 33.3 Å². The molecule has 6 heterocycles. The largest absolute Gasteiger partial charge is 0.453 e. The summed E-state index contributed by atoms with van der Waals surface area (Å²) in [6, 6.07) is 27.7. The number of benzene rings is 4. The van der Waals surface area contributed by atoms with Gasteiger partial charge in [0.2, 0.25) is 5.91 Å². The quantitative estimate of drug-likeness (QED) is 0.102. The van der Waals surface area contributed by atoms with Crippen LogP contribution in [0.1, 0.15) is 67.4 Å². The Bertz CT molecular complexity index is 2780. The van der Waals surface area contributed by atoms with E-state index >= 15 is 0 Å². The van der Waals surface area contributed by atoms with Crippen molar-refractivity contribution in [2.45, 2.75) is 62.1 Å². The van der Waals surface area contributed by atoms with Gasteiger partial charge in [-0.2, -0.15) is 0 Å². The molecular formula is C51H54N8O9. The number of imidazole rings is 2. The summed E-state index contributed by atoms with van der Waals surface area (Å²) in [5, 5.41) is 7.66. The molecule has 2 aromatic heterocycles. The van der Waals surface area contributed by atoms with E-state index in [1.54, 1.807) is 22.2 Å². The van der Waals surface area contributed by atoms with Crippen molar-refractivity contribution in [2.75, 3.05) is 53.7 Å². The van der Waals surface area contributed by atoms with Crippen LogP contribution in [0, 0.1) is 5.92 Å². The minimum Gasteiger partial charge on any atom is -0.453 e. The van der Waals surface area contributed by atoms with Crippen LogP contribution in [-0.4, -0.2) is 119 Å². The standard InChI is InChI=1S/C51H54N8O9/c1-64-49(62)56-43(33-7-4-3-5-8-33)47(60)58-20-6-9-41(58)45-52-28-39(54-45)32-12-10-31(11-13-32)35-14-15-37-26-38(17-16-36(37)25-35)40-29-53-46(55-40)42-27-51(67-23-24-68-51)30-59(42)48(61)44(57-50(63)65-2)34-18-21-66-22-19-34/h3-5,7-8,10-17,25-26,28-29,34,41-44H,6,9,18-24,27,30H2,1-2H3,(H,52,54)(H,53,55)(H,56,62)(H,57,63)/t41-,42-,43+,44-/m0/s1. The van der Waals surface area contributed by atoms with Crippen molar-refractivity contribution in [3.05, 3.63) is 121 Å². The molecule has 17 heteroatoms. The van der Waals surface area contributed by atoms with Gasteiger partial charge >= 0.3 is 12.2 Å². The number of H-pyrrole nitrogens is 2. The molecule has 4 N–H and O–H groups in total. The fourth-order valence-electron chi connectivity index (χ4n) is 10.1. The second-order valence-corrected chi connectivity index (χ2v) is 17.7. The van der Waals surface area contributed by atoms with Gasteiger partial charge in [0.1, 0.15) is 23.7 Å². The maximum atomic E-state index is 14.4. The number of methoxy groups -OCH3 is 2. The van der Waals surface area contributed by atoms with E-state index in [0.717, 1.165) is 57.3 Å². The Labute approximate surface area is 392 Å². The monoisotopic (exact) mass is 922 g/mol. The molecule has 4 aliphatic rings. The maximum Gasteiger partial charge on any atom is 0.407 e. The van der Waals surface area contributed by atoms with Crippen LogP contribution in [0.3, 0.4) is 0 Å². The van der Waals surface area contributed by atoms with Gasteiger partial charge in [-0.05, 0) is 76.8 Å². The molecule has 1 spiro atoms. The summed E-state index contributed by atoms with van der Waals surface area (Å²) in [6.45, 7) is 2.64. The molecule has 4 atom stereocenters. The minimum absolute atomic E-state index is 0.117. The second kappa shape index (κ2) is 19.3. The molecule has 0 saturated carbocycles. The Morgan fingerprint density at radius 2 is 1.28 bits per heavy atom. The van der Waals surface area contributed by atoms with Crippen LogP contribution >= 0.6 is 0 Å². The number of aromatic amines is 2. The molecule has 0 aliphatic carbocycles. The van der Waals surface area contributed by atoms with Gasteiger partial charge in [-0.15, -0.1) is 0 Å². The number of aromatic nitrogens is 4. The van der Waals surface area contributed by atoms with Gasteiger partial charge in [0.05, 0.1) is 69.8 Å². The van der Waals surface area contributed by atoms with Gasteiger partial charge in [0, 0.05) is 31.7 Å². The first-order valence-electron chi connectivity index (χ1n) is 23.1. The molecule has 4 aliphatic heterocycles. The summed E-state index contributed by atoms with van der Waals surface area (Å²) < 4.78 is 27.5. The highest BCUT2D eigenvalue weighted by atomic mass is 16.7. The number of fused-ring (bicyclic) bond motifs is 1. The van der Waals surface area contributed by atoms with Gasteiger partial charge in [0.25, 0.3) is 5.91 Å². The SMILES string of the molecule is COC(=O)N[C@H](C(=O)N1CC2(C[C@H]1c1ncc(-c3ccc4cc(-c5ccc(-c6cnc([C@@H]7CCCN7C(=O)[C@H](NC(=O)OC)c7ccccc7)[nH]6)cc5)ccc4c3)[nH]1)OCCO2)C1CCOCC1. The summed E-state index contributed by atoms with van der Waals surface area (Å²) in [7, 11) is 2.57. The number of carbonyl (C=O) groups is 4. The van der Waals surface area contributed by atoms with E-state index in [0.29, 0.717) is 69.4 Å². The first-order chi connectivity index (χ1) is 33.2. The lowest BCUT2D eigenvalue weighted by molar-refractivity contribution is -0.154. The van der Waals surface area contributed by atoms with Crippen molar-refractivity contribution in [1.82, 2.24) is 40.4 Å². The summed E-state index contributed by atoms with van der Waals surface area (Å²) in [4.78, 5) is 73.2. The number of rotatable bonds is 11. The van der Waals surface area contributed by atoms with Crippen LogP contribution in [0.5, 0.6) is 0 Å². The van der Waals surface area contributed by atoms with E-state index in [9.17, 15) is 19.2 Å². The third kappa shape index (κ3) is 9.03. The number of nitrogens with one attached hydrogen (secondary N) is 4. The zero-order valence-corrected chi connectivity index (χ0v) is 37.9. The third-order valence-electron chi connectivity index (χ3n) is 13.7. The lowest BCUT2D eigenvalue weighted by Gasteiger charge is -2.34. The number of likely N-dealkylation sites (tertiary alicyclic amines) is 2. The van der Waals surface area contributed by atoms with Crippen LogP contribution in [0.4, 0.5) is 9.59 Å². The summed E-state index contributed by atoms with van der Waals surface area (Å²) in [5.41, 5.74) is 6.34. The fraction of sp³-hybridized carbons (Fsp3) is 0.373. The number of ether oxygens (including phenoxy) is 5. The van der Waals surface area contributed by atoms with Crippen molar-refractivity contribution >= 4 is 34.8 Å². The maximum absolute atomic E-state index is 14.4. The summed E-state index contributed by atoms with van der Waals surface area (Å²) >= 11 is 0. The summed E-state index contributed by atoms with van der Waals surface area (Å²) in [5.74, 6) is -0.222. The average molecular weight is 923 g/mol. The van der Waals surface area contributed by atoms with Gasteiger partial charge < -0.3 is 54.1 Å². The Hall–Kier alpha value is -7.08. The predicted octanol–water partition coefficient (Wildman–Crippen LogP) is 7.22. The topological polar surface area (TPSA) is 202 Å². The highest BCUT2D eigenvalue weighted by molar-refractivity contribution is 5.91. The first kappa shape index (κ1) is 44.7. The lowest BCUT2D eigenvalue weighted by Crippen LogP contribution is -2.54. The van der Waals surface area contributed by atoms with E-state index in [-0.39, 0.29) is 30.3 Å². The van der Waals surface area contributed by atoms with E-state index < -0.39 is 36.1 Å². The second-order valence-electron chi connectivity index (χ2n) is 17.7. The van der Waals surface area contributed by atoms with Crippen LogP contribution in [0.2, 0.25) is 0 Å². The minimum atomic E-state index is -0.954. The Morgan fingerprint density at radius 1 is 0.676 bits per heavy atom. The van der Waals surface area contributed by atoms with Crippen molar-refractivity contribution in [3.63, 3.8) is 0 Å². The fourth-order valence-corrected chi connectivity index (χ4v) is 10.1. The van der Waals surface area contributed by atoms with Crippen LogP contribution in [0.25, 0.3) is 44.4 Å². The lowest BCUT2D eigenvalue weighted by atomic mass is 9.90. The number of nitrogens with zero attached hydrogens (tertiary/aromatic N) is 4. The smallest absolute Gasteiger partial charge is 0.407 e. The van der Waals surface area contributed by atoms with Gasteiger partial charge in [-0.1, -0.05) is 78.9 Å². The third-order valence-corrected chi connectivity index (χ3v) is 13.7. The molecule has 17 nitrogen and oxygen atoms in total. The van der Waals surface area contributed by atoms with Crippen LogP contribution in [0.15, 0.2) is 103 Å². The molecule has 10 rings (SSSR count). The zero-order chi connectivity index (χ0) is 46.8. The number of alkyl carbamates (subject to hydrolysis) is 2. The molecule has 352 valence electrons. The molecular weight excluding hydrogens is 869 g/mol. The van der Waals surface area contributed by atoms with Crippen molar-refractivity contribution in [1.29, 1.82) is 0 Å². The molecule has 4 aromatic carbocycles. The van der Waals surface area contributed by atoms with E-state index in [4.69, 9.17) is 33.7 Å². The number of hydrogen-bond donors (Lipinski definition) is 4. The highest BCUT2D eigenvalue weighted by Crippen LogP contribution is 2.43. The molecule has 0 bridgehead atoms. The Balaban J connectivity index is 0.832. The van der Waals surface area contributed by atoms with E-state index in [1.165, 1.54) is 14.2 Å². The summed E-state index contributed by atoms with van der Waals surface area (Å²) in [6.07, 6.45) is 5.47. The van der Waals surface area contributed by atoms with Gasteiger partial charge in [0.15, 0.2) is 5.79 Å². The van der Waals surface area contributed by atoms with E-state index in [2.05, 4.69) is 81.3 Å². The predicted molar refractivity (Wildman–Crippen MR) is 250 cm³/mol. The molecule has 4 amide bonds. The van der Waals surface area contributed by atoms with Crippen molar-refractivity contribution in [2.24, 2.45) is 5.92 Å². The normalized spacial score (nSPS) is 20.1. The molecule has 4 saturated heterocycles. The molecule has 68 heavy (non-hydrogen) atoms. The van der Waals surface area contributed by atoms with Crippen molar-refractivity contribution in [3.8, 4) is 33.6 Å². The number of carbonyl (C=O) groups excluding carboxylic acids is 4. The van der Waals surface area contributed by atoms with Gasteiger partial charge in [-0.3, -0.25) is 9.59 Å². The molecule has 6 aromatic rings. The average Bonchev–Trinajstić information content (AvgIpc) is 4.26. The molecule has 0 unspecified atom stereocenters. The van der Waals surface area contributed by atoms with Crippen LogP contribution < -0.4 is 10.6 Å². The van der Waals surface area contributed by atoms with Gasteiger partial charge in [-0.25, -0.2) is 19.6 Å². The Morgan fingerprint density at radius 3 is 1.97 bits per heavy atom. The van der Waals surface area contributed by atoms with E-state index in [1.807, 2.05) is 30.3 Å². The van der Waals surface area contributed by atoms with Crippen molar-refractivity contribution < 1.29 is 42.9 Å². The first-order valence-corrected chi connectivity index (χ1v) is 23.1. The highest BCUT2D eigenvalue weighted by Gasteiger charge is 2.53. The molecule has 4 fully saturated rings. The number of hydrogen-bond acceptors (Lipinski definition) is 11. The Kier molecular flexibility index (Phi) is 12.7. The molecule has 0 radical (unpaired) electrons. The number of amides is 4. The zero-order valence-electron chi connectivity index (χ0n) is 37.9.